The van der Waals surface area contributed by atoms with E-state index in [1.165, 1.54) is 6.08 Å². The molecule has 0 saturated heterocycles. The summed E-state index contributed by atoms with van der Waals surface area (Å²) in [6, 6.07) is 17.1. The maximum Gasteiger partial charge on any atom is 0.331 e. The van der Waals surface area contributed by atoms with Gasteiger partial charge in [0.25, 0.3) is 0 Å². The van der Waals surface area contributed by atoms with E-state index in [1.807, 2.05) is 49.4 Å². The summed E-state index contributed by atoms with van der Waals surface area (Å²) in [5, 5.41) is 5.58. The van der Waals surface area contributed by atoms with Crippen molar-refractivity contribution in [2.45, 2.75) is 20.1 Å². The SMILES string of the molecule is Cc1nn(Cc2ccccc2)c(Cl)c1C=CC(=O)OCc1ccc(Cl)cc1. The van der Waals surface area contributed by atoms with Crippen molar-refractivity contribution in [1.82, 2.24) is 9.78 Å². The topological polar surface area (TPSA) is 44.1 Å². The highest BCUT2D eigenvalue weighted by Gasteiger charge is 2.12. The average Bonchev–Trinajstić information content (AvgIpc) is 2.93. The van der Waals surface area contributed by atoms with Crippen LogP contribution < -0.4 is 0 Å². The quantitative estimate of drug-likeness (QED) is 0.416. The Labute approximate surface area is 168 Å². The van der Waals surface area contributed by atoms with Crippen LogP contribution in [-0.4, -0.2) is 15.7 Å². The number of ether oxygens (including phenoxy) is 1. The van der Waals surface area contributed by atoms with Crippen molar-refractivity contribution in [3.63, 3.8) is 0 Å². The summed E-state index contributed by atoms with van der Waals surface area (Å²) in [4.78, 5) is 12.0. The molecule has 6 heteroatoms. The number of hydrogen-bond donors (Lipinski definition) is 0. The summed E-state index contributed by atoms with van der Waals surface area (Å²) in [5.41, 5.74) is 3.42. The van der Waals surface area contributed by atoms with Gasteiger partial charge in [0.05, 0.1) is 12.2 Å². The van der Waals surface area contributed by atoms with Gasteiger partial charge in [-0.25, -0.2) is 9.48 Å². The highest BCUT2D eigenvalue weighted by Crippen LogP contribution is 2.22. The lowest BCUT2D eigenvalue weighted by molar-refractivity contribution is -0.138. The second-order valence-electron chi connectivity index (χ2n) is 6.00. The van der Waals surface area contributed by atoms with E-state index in [1.54, 1.807) is 22.9 Å². The van der Waals surface area contributed by atoms with Gasteiger partial charge < -0.3 is 4.74 Å². The van der Waals surface area contributed by atoms with Crippen LogP contribution >= 0.6 is 23.2 Å². The Morgan fingerprint density at radius 1 is 1.07 bits per heavy atom. The lowest BCUT2D eigenvalue weighted by atomic mass is 10.2. The van der Waals surface area contributed by atoms with Crippen LogP contribution in [0.4, 0.5) is 0 Å². The van der Waals surface area contributed by atoms with Gasteiger partial charge in [-0.1, -0.05) is 65.7 Å². The van der Waals surface area contributed by atoms with Crippen LogP contribution in [0.15, 0.2) is 60.7 Å². The van der Waals surface area contributed by atoms with Crippen LogP contribution in [0.1, 0.15) is 22.4 Å². The number of hydrogen-bond acceptors (Lipinski definition) is 3. The first-order chi connectivity index (χ1) is 13.0. The van der Waals surface area contributed by atoms with Crippen LogP contribution in [0, 0.1) is 6.92 Å². The Morgan fingerprint density at radius 2 is 1.78 bits per heavy atom. The van der Waals surface area contributed by atoms with Crippen molar-refractivity contribution >= 4 is 35.2 Å². The first-order valence-electron chi connectivity index (χ1n) is 8.39. The minimum Gasteiger partial charge on any atom is -0.458 e. The summed E-state index contributed by atoms with van der Waals surface area (Å²) in [6.07, 6.45) is 3.00. The molecule has 0 N–H and O–H groups in total. The van der Waals surface area contributed by atoms with Crippen LogP contribution in [-0.2, 0) is 22.7 Å². The molecule has 0 unspecified atom stereocenters. The normalized spacial score (nSPS) is 11.1. The smallest absolute Gasteiger partial charge is 0.331 e. The summed E-state index contributed by atoms with van der Waals surface area (Å²) in [7, 11) is 0. The van der Waals surface area contributed by atoms with E-state index in [2.05, 4.69) is 5.10 Å². The van der Waals surface area contributed by atoms with Gasteiger partial charge in [0.1, 0.15) is 11.8 Å². The molecule has 1 heterocycles. The molecule has 0 radical (unpaired) electrons. The molecule has 0 bridgehead atoms. The van der Waals surface area contributed by atoms with Gasteiger partial charge >= 0.3 is 5.97 Å². The van der Waals surface area contributed by atoms with Crippen molar-refractivity contribution < 1.29 is 9.53 Å². The molecule has 138 valence electrons. The van der Waals surface area contributed by atoms with Crippen LogP contribution in [0.25, 0.3) is 6.08 Å². The molecular formula is C21H18Cl2N2O2. The largest absolute Gasteiger partial charge is 0.458 e. The molecular weight excluding hydrogens is 383 g/mol. The predicted molar refractivity (Wildman–Crippen MR) is 108 cm³/mol. The molecule has 3 rings (SSSR count). The highest BCUT2D eigenvalue weighted by molar-refractivity contribution is 6.31. The fraction of sp³-hybridized carbons (Fsp3) is 0.143. The molecule has 2 aromatic carbocycles. The number of carbonyl (C=O) groups is 1. The maximum atomic E-state index is 12.0. The Bertz CT molecular complexity index is 948. The zero-order valence-electron chi connectivity index (χ0n) is 14.7. The van der Waals surface area contributed by atoms with E-state index in [-0.39, 0.29) is 6.61 Å². The average molecular weight is 401 g/mol. The highest BCUT2D eigenvalue weighted by atomic mass is 35.5. The number of carbonyl (C=O) groups excluding carboxylic acids is 1. The Balaban J connectivity index is 1.64. The molecule has 4 nitrogen and oxygen atoms in total. The van der Waals surface area contributed by atoms with Gasteiger partial charge in [0.15, 0.2) is 0 Å². The van der Waals surface area contributed by atoms with E-state index in [0.29, 0.717) is 22.3 Å². The number of benzene rings is 2. The van der Waals surface area contributed by atoms with Crippen molar-refractivity contribution in [2.24, 2.45) is 0 Å². The first-order valence-corrected chi connectivity index (χ1v) is 9.14. The molecule has 0 saturated carbocycles. The maximum absolute atomic E-state index is 12.0. The Kier molecular flexibility index (Phi) is 6.32. The van der Waals surface area contributed by atoms with E-state index in [0.717, 1.165) is 16.8 Å². The van der Waals surface area contributed by atoms with Crippen LogP contribution in [0.3, 0.4) is 0 Å². The Morgan fingerprint density at radius 3 is 2.48 bits per heavy atom. The molecule has 1 aromatic heterocycles. The lowest BCUT2D eigenvalue weighted by Crippen LogP contribution is -2.02. The number of aryl methyl sites for hydroxylation is 1. The minimum absolute atomic E-state index is 0.181. The molecule has 0 aliphatic carbocycles. The monoisotopic (exact) mass is 400 g/mol. The molecule has 0 aliphatic rings. The van der Waals surface area contributed by atoms with Gasteiger partial charge in [0.2, 0.25) is 0 Å². The third-order valence-electron chi connectivity index (χ3n) is 3.96. The summed E-state index contributed by atoms with van der Waals surface area (Å²) >= 11 is 12.3. The summed E-state index contributed by atoms with van der Waals surface area (Å²) < 4.78 is 6.95. The molecule has 0 fully saturated rings. The lowest BCUT2D eigenvalue weighted by Gasteiger charge is -2.03. The number of esters is 1. The molecule has 27 heavy (non-hydrogen) atoms. The first kappa shape index (κ1) is 19.2. The molecule has 0 amide bonds. The second-order valence-corrected chi connectivity index (χ2v) is 6.80. The van der Waals surface area contributed by atoms with Gasteiger partial charge in [0, 0.05) is 16.7 Å². The second kappa shape index (κ2) is 8.89. The number of halogens is 2. The zero-order chi connectivity index (χ0) is 19.2. The standard InChI is InChI=1S/C21H18Cl2N2O2/c1-15-19(21(23)25(24-15)13-16-5-3-2-4-6-16)11-12-20(26)27-14-17-7-9-18(22)10-8-17/h2-12H,13-14H2,1H3. The molecule has 3 aromatic rings. The summed E-state index contributed by atoms with van der Waals surface area (Å²) in [5.74, 6) is -0.448. The van der Waals surface area contributed by atoms with Gasteiger partial charge in [-0.3, -0.25) is 0 Å². The minimum atomic E-state index is -0.448. The van der Waals surface area contributed by atoms with Crippen molar-refractivity contribution in [2.75, 3.05) is 0 Å². The zero-order valence-corrected chi connectivity index (χ0v) is 16.2. The fourth-order valence-electron chi connectivity index (χ4n) is 2.55. The third kappa shape index (κ3) is 5.22. The fourth-order valence-corrected chi connectivity index (χ4v) is 2.98. The van der Waals surface area contributed by atoms with Crippen molar-refractivity contribution in [3.8, 4) is 0 Å². The third-order valence-corrected chi connectivity index (χ3v) is 4.62. The van der Waals surface area contributed by atoms with Gasteiger partial charge in [-0.15, -0.1) is 0 Å². The number of aromatic nitrogens is 2. The molecule has 0 atom stereocenters. The number of rotatable bonds is 6. The van der Waals surface area contributed by atoms with Gasteiger partial charge in [-0.2, -0.15) is 5.10 Å². The van der Waals surface area contributed by atoms with E-state index in [4.69, 9.17) is 27.9 Å². The molecule has 0 spiro atoms. The van der Waals surface area contributed by atoms with E-state index in [9.17, 15) is 4.79 Å². The number of nitrogens with zero attached hydrogens (tertiary/aromatic N) is 2. The van der Waals surface area contributed by atoms with Crippen molar-refractivity contribution in [3.05, 3.63) is 93.2 Å². The van der Waals surface area contributed by atoms with E-state index < -0.39 is 5.97 Å². The summed E-state index contributed by atoms with van der Waals surface area (Å²) in [6.45, 7) is 2.60. The predicted octanol–water partition coefficient (Wildman–Crippen LogP) is 5.30. The van der Waals surface area contributed by atoms with Crippen LogP contribution in [0.5, 0.6) is 0 Å². The Hall–Kier alpha value is -2.56. The van der Waals surface area contributed by atoms with E-state index >= 15 is 0 Å². The molecule has 0 aliphatic heterocycles. The van der Waals surface area contributed by atoms with Gasteiger partial charge in [-0.05, 0) is 36.3 Å². The van der Waals surface area contributed by atoms with Crippen LogP contribution in [0.2, 0.25) is 10.2 Å². The van der Waals surface area contributed by atoms with Crippen molar-refractivity contribution in [1.29, 1.82) is 0 Å².